The number of nitrogens with zero attached hydrogens (tertiary/aromatic N) is 1. The molecule has 0 bridgehead atoms. The summed E-state index contributed by atoms with van der Waals surface area (Å²) < 4.78 is 5.40. The van der Waals surface area contributed by atoms with Crippen molar-refractivity contribution in [2.75, 3.05) is 19.8 Å². The van der Waals surface area contributed by atoms with Crippen LogP contribution in [0.15, 0.2) is 0 Å². The summed E-state index contributed by atoms with van der Waals surface area (Å²) in [4.78, 5) is 26.3. The van der Waals surface area contributed by atoms with Gasteiger partial charge < -0.3 is 14.7 Å². The van der Waals surface area contributed by atoms with Crippen molar-refractivity contribution in [2.24, 2.45) is 11.3 Å². The Balaban J connectivity index is 1.64. The number of hydrogen-bond donors (Lipinski definition) is 1. The zero-order valence-electron chi connectivity index (χ0n) is 12.6. The SMILES string of the molecule is O=C(CC1(C(=O)O)CCCC1)N(CC1CCOC1)C1CC1. The zero-order valence-corrected chi connectivity index (χ0v) is 12.6. The number of ether oxygens (including phenoxy) is 1. The molecule has 1 N–H and O–H groups in total. The van der Waals surface area contributed by atoms with E-state index in [2.05, 4.69) is 0 Å². The van der Waals surface area contributed by atoms with Crippen LogP contribution >= 0.6 is 0 Å². The molecule has 3 fully saturated rings. The van der Waals surface area contributed by atoms with Crippen LogP contribution < -0.4 is 0 Å². The molecule has 2 saturated carbocycles. The van der Waals surface area contributed by atoms with Crippen molar-refractivity contribution in [1.29, 1.82) is 0 Å². The predicted octanol–water partition coefficient (Wildman–Crippen LogP) is 2.05. The Morgan fingerprint density at radius 3 is 2.43 bits per heavy atom. The number of carbonyl (C=O) groups excluding carboxylic acids is 1. The number of aliphatic carboxylic acids is 1. The van der Waals surface area contributed by atoms with Gasteiger partial charge in [-0.25, -0.2) is 0 Å². The maximum Gasteiger partial charge on any atom is 0.310 e. The van der Waals surface area contributed by atoms with Crippen molar-refractivity contribution in [1.82, 2.24) is 4.90 Å². The van der Waals surface area contributed by atoms with Gasteiger partial charge in [-0.2, -0.15) is 0 Å². The van der Waals surface area contributed by atoms with E-state index in [0.717, 1.165) is 51.9 Å². The molecular weight excluding hydrogens is 270 g/mol. The van der Waals surface area contributed by atoms with Crippen LogP contribution in [0.2, 0.25) is 0 Å². The van der Waals surface area contributed by atoms with Gasteiger partial charge in [-0.3, -0.25) is 9.59 Å². The second kappa shape index (κ2) is 5.95. The minimum Gasteiger partial charge on any atom is -0.481 e. The lowest BCUT2D eigenvalue weighted by molar-refractivity contribution is -0.153. The summed E-state index contributed by atoms with van der Waals surface area (Å²) in [5, 5.41) is 9.54. The summed E-state index contributed by atoms with van der Waals surface area (Å²) in [6.07, 6.45) is 6.50. The summed E-state index contributed by atoms with van der Waals surface area (Å²) in [5.41, 5.74) is -0.795. The fraction of sp³-hybridized carbons (Fsp3) is 0.875. The van der Waals surface area contributed by atoms with Gasteiger partial charge in [0, 0.05) is 31.5 Å². The van der Waals surface area contributed by atoms with Gasteiger partial charge in [0.2, 0.25) is 5.91 Å². The molecule has 1 heterocycles. The molecule has 1 aliphatic heterocycles. The fourth-order valence-electron chi connectivity index (χ4n) is 3.76. The highest BCUT2D eigenvalue weighted by atomic mass is 16.5. The van der Waals surface area contributed by atoms with E-state index >= 15 is 0 Å². The normalized spacial score (nSPS) is 27.7. The van der Waals surface area contributed by atoms with Crippen molar-refractivity contribution in [3.63, 3.8) is 0 Å². The highest BCUT2D eigenvalue weighted by Gasteiger charge is 2.45. The molecule has 3 aliphatic rings. The second-order valence-corrected chi connectivity index (χ2v) is 6.98. The smallest absolute Gasteiger partial charge is 0.310 e. The van der Waals surface area contributed by atoms with Crippen molar-refractivity contribution in [3.8, 4) is 0 Å². The van der Waals surface area contributed by atoms with E-state index in [1.807, 2.05) is 4.90 Å². The third-order valence-corrected chi connectivity index (χ3v) is 5.29. The molecule has 1 atom stereocenters. The topological polar surface area (TPSA) is 66.8 Å². The van der Waals surface area contributed by atoms with Gasteiger partial charge in [-0.1, -0.05) is 12.8 Å². The molecule has 1 saturated heterocycles. The Morgan fingerprint density at radius 1 is 1.19 bits per heavy atom. The van der Waals surface area contributed by atoms with Crippen LogP contribution in [0.1, 0.15) is 51.4 Å². The van der Waals surface area contributed by atoms with Crippen molar-refractivity contribution < 1.29 is 19.4 Å². The van der Waals surface area contributed by atoms with Gasteiger partial charge in [0.1, 0.15) is 0 Å². The lowest BCUT2D eigenvalue weighted by Gasteiger charge is -2.30. The Morgan fingerprint density at radius 2 is 1.90 bits per heavy atom. The van der Waals surface area contributed by atoms with Gasteiger partial charge >= 0.3 is 5.97 Å². The van der Waals surface area contributed by atoms with Gasteiger partial charge in [-0.05, 0) is 32.1 Å². The number of carboxylic acids is 1. The molecule has 3 rings (SSSR count). The quantitative estimate of drug-likeness (QED) is 0.814. The van der Waals surface area contributed by atoms with Crippen LogP contribution in [-0.2, 0) is 14.3 Å². The molecule has 21 heavy (non-hydrogen) atoms. The Bertz CT molecular complexity index is 407. The molecule has 2 aliphatic carbocycles. The Hall–Kier alpha value is -1.10. The Kier molecular flexibility index (Phi) is 4.20. The van der Waals surface area contributed by atoms with E-state index in [4.69, 9.17) is 4.74 Å². The third-order valence-electron chi connectivity index (χ3n) is 5.29. The van der Waals surface area contributed by atoms with E-state index in [0.29, 0.717) is 24.8 Å². The van der Waals surface area contributed by atoms with Crippen LogP contribution in [0.25, 0.3) is 0 Å². The highest BCUT2D eigenvalue weighted by Crippen LogP contribution is 2.42. The minimum atomic E-state index is -0.795. The summed E-state index contributed by atoms with van der Waals surface area (Å²) in [5.74, 6) is -0.305. The van der Waals surface area contributed by atoms with Crippen LogP contribution in [-0.4, -0.2) is 47.7 Å². The molecular formula is C16H25NO4. The maximum atomic E-state index is 12.7. The lowest BCUT2D eigenvalue weighted by atomic mass is 9.82. The number of hydrogen-bond acceptors (Lipinski definition) is 3. The average molecular weight is 295 g/mol. The number of carboxylic acid groups (broad SMARTS) is 1. The third kappa shape index (κ3) is 3.23. The van der Waals surface area contributed by atoms with Crippen LogP contribution in [0.4, 0.5) is 0 Å². The molecule has 0 aromatic heterocycles. The van der Waals surface area contributed by atoms with Gasteiger partial charge in [0.05, 0.1) is 12.0 Å². The molecule has 1 unspecified atom stereocenters. The van der Waals surface area contributed by atoms with E-state index in [1.54, 1.807) is 0 Å². The molecule has 5 nitrogen and oxygen atoms in total. The minimum absolute atomic E-state index is 0.0497. The van der Waals surface area contributed by atoms with E-state index in [-0.39, 0.29) is 12.3 Å². The van der Waals surface area contributed by atoms with Crippen molar-refractivity contribution in [2.45, 2.75) is 57.4 Å². The average Bonchev–Trinajstić information content (AvgIpc) is 2.97. The standard InChI is InChI=1S/C16H25NO4/c18-14(9-16(15(19)20)6-1-2-7-16)17(13-3-4-13)10-12-5-8-21-11-12/h12-13H,1-11H2,(H,19,20). The molecule has 0 spiro atoms. The number of amides is 1. The first-order chi connectivity index (χ1) is 10.1. The largest absolute Gasteiger partial charge is 0.481 e. The zero-order chi connectivity index (χ0) is 14.9. The molecule has 1 amide bonds. The van der Waals surface area contributed by atoms with Gasteiger partial charge in [-0.15, -0.1) is 0 Å². The van der Waals surface area contributed by atoms with Crippen molar-refractivity contribution >= 4 is 11.9 Å². The summed E-state index contributed by atoms with van der Waals surface area (Å²) in [7, 11) is 0. The molecule has 0 aromatic rings. The molecule has 5 heteroatoms. The highest BCUT2D eigenvalue weighted by molar-refractivity contribution is 5.85. The van der Waals surface area contributed by atoms with Gasteiger partial charge in [0.25, 0.3) is 0 Å². The molecule has 118 valence electrons. The summed E-state index contributed by atoms with van der Waals surface area (Å²) >= 11 is 0. The first-order valence-electron chi connectivity index (χ1n) is 8.21. The monoisotopic (exact) mass is 295 g/mol. The predicted molar refractivity (Wildman–Crippen MR) is 76.8 cm³/mol. The first-order valence-corrected chi connectivity index (χ1v) is 8.21. The lowest BCUT2D eigenvalue weighted by Crippen LogP contribution is -2.42. The van der Waals surface area contributed by atoms with E-state index in [9.17, 15) is 14.7 Å². The number of carbonyl (C=O) groups is 2. The number of rotatable bonds is 6. The second-order valence-electron chi connectivity index (χ2n) is 6.98. The van der Waals surface area contributed by atoms with Crippen LogP contribution in [0.3, 0.4) is 0 Å². The van der Waals surface area contributed by atoms with Gasteiger partial charge in [0.15, 0.2) is 0 Å². The maximum absolute atomic E-state index is 12.7. The van der Waals surface area contributed by atoms with Crippen molar-refractivity contribution in [3.05, 3.63) is 0 Å². The summed E-state index contributed by atoms with van der Waals surface area (Å²) in [6.45, 7) is 2.27. The van der Waals surface area contributed by atoms with E-state index in [1.165, 1.54) is 0 Å². The van der Waals surface area contributed by atoms with Crippen LogP contribution in [0.5, 0.6) is 0 Å². The fourth-order valence-corrected chi connectivity index (χ4v) is 3.76. The summed E-state index contributed by atoms with van der Waals surface area (Å²) in [6, 6.07) is 0.352. The first kappa shape index (κ1) is 14.8. The van der Waals surface area contributed by atoms with Crippen LogP contribution in [0, 0.1) is 11.3 Å². The van der Waals surface area contributed by atoms with E-state index < -0.39 is 11.4 Å². The Labute approximate surface area is 125 Å². The molecule has 0 radical (unpaired) electrons. The molecule has 0 aromatic carbocycles.